The summed E-state index contributed by atoms with van der Waals surface area (Å²) in [7, 11) is 0. The molecule has 1 heterocycles. The van der Waals surface area contributed by atoms with Crippen LogP contribution in [0.25, 0.3) is 0 Å². The van der Waals surface area contributed by atoms with E-state index in [1.807, 2.05) is 0 Å². The number of aryl methyl sites for hydroxylation is 2. The quantitative estimate of drug-likeness (QED) is 0.727. The predicted molar refractivity (Wildman–Crippen MR) is 54.7 cm³/mol. The first-order valence-corrected chi connectivity index (χ1v) is 5.03. The van der Waals surface area contributed by atoms with E-state index in [4.69, 9.17) is 0 Å². The number of nitrogens with one attached hydrogen (secondary N) is 2. The van der Waals surface area contributed by atoms with Gasteiger partial charge in [0.2, 0.25) is 0 Å². The Morgan fingerprint density at radius 3 is 2.77 bits per heavy atom. The van der Waals surface area contributed by atoms with Crippen LogP contribution in [0.4, 0.5) is 0 Å². The third-order valence-corrected chi connectivity index (χ3v) is 2.20. The summed E-state index contributed by atoms with van der Waals surface area (Å²) in [5.41, 5.74) is 3.77. The van der Waals surface area contributed by atoms with Crippen molar-refractivity contribution in [2.24, 2.45) is 0 Å². The first-order valence-electron chi connectivity index (χ1n) is 5.03. The summed E-state index contributed by atoms with van der Waals surface area (Å²) in [5.74, 6) is 0. The molecule has 1 aromatic rings. The van der Waals surface area contributed by atoms with Gasteiger partial charge in [-0.1, -0.05) is 20.3 Å². The molecule has 0 aliphatic carbocycles. The minimum atomic E-state index is 0.939. The lowest BCUT2D eigenvalue weighted by molar-refractivity contribution is 0.713. The van der Waals surface area contributed by atoms with Gasteiger partial charge in [0.25, 0.3) is 0 Å². The summed E-state index contributed by atoms with van der Waals surface area (Å²) in [4.78, 5) is 0. The zero-order chi connectivity index (χ0) is 9.68. The minimum Gasteiger partial charge on any atom is -0.313 e. The molecule has 0 amide bonds. The number of hydrogen-bond acceptors (Lipinski definition) is 2. The Morgan fingerprint density at radius 2 is 2.15 bits per heavy atom. The second kappa shape index (κ2) is 5.02. The number of H-pyrrole nitrogens is 1. The number of rotatable bonds is 5. The first kappa shape index (κ1) is 10.3. The summed E-state index contributed by atoms with van der Waals surface area (Å²) in [5, 5.41) is 10.7. The van der Waals surface area contributed by atoms with Crippen LogP contribution in [0.2, 0.25) is 0 Å². The highest BCUT2D eigenvalue weighted by Gasteiger charge is 2.07. The Kier molecular flexibility index (Phi) is 3.96. The maximum atomic E-state index is 4.29. The Morgan fingerprint density at radius 1 is 1.38 bits per heavy atom. The van der Waals surface area contributed by atoms with Gasteiger partial charge < -0.3 is 5.32 Å². The molecule has 74 valence electrons. The molecule has 0 saturated heterocycles. The third-order valence-electron chi connectivity index (χ3n) is 2.20. The maximum absolute atomic E-state index is 4.29. The van der Waals surface area contributed by atoms with Crippen LogP contribution in [0.3, 0.4) is 0 Å². The number of aromatic nitrogens is 2. The first-order chi connectivity index (χ1) is 6.29. The van der Waals surface area contributed by atoms with Crippen LogP contribution in [-0.2, 0) is 13.0 Å². The largest absolute Gasteiger partial charge is 0.313 e. The van der Waals surface area contributed by atoms with Gasteiger partial charge in [0.1, 0.15) is 0 Å². The van der Waals surface area contributed by atoms with E-state index in [1.54, 1.807) is 0 Å². The molecule has 1 rings (SSSR count). The van der Waals surface area contributed by atoms with E-state index >= 15 is 0 Å². The van der Waals surface area contributed by atoms with Crippen molar-refractivity contribution >= 4 is 0 Å². The summed E-state index contributed by atoms with van der Waals surface area (Å²) < 4.78 is 0. The van der Waals surface area contributed by atoms with Crippen LogP contribution in [0, 0.1) is 6.92 Å². The summed E-state index contributed by atoms with van der Waals surface area (Å²) >= 11 is 0. The summed E-state index contributed by atoms with van der Waals surface area (Å²) in [6.07, 6.45) is 2.23. The highest BCUT2D eigenvalue weighted by molar-refractivity contribution is 5.24. The van der Waals surface area contributed by atoms with Crippen molar-refractivity contribution in [1.29, 1.82) is 0 Å². The molecular formula is C10H19N3. The smallest absolute Gasteiger partial charge is 0.0669 e. The topological polar surface area (TPSA) is 40.7 Å². The molecule has 3 heteroatoms. The average Bonchev–Trinajstić information content (AvgIpc) is 2.45. The molecule has 0 saturated carbocycles. The molecule has 13 heavy (non-hydrogen) atoms. The van der Waals surface area contributed by atoms with Gasteiger partial charge in [-0.25, -0.2) is 0 Å². The van der Waals surface area contributed by atoms with Crippen molar-refractivity contribution in [1.82, 2.24) is 15.5 Å². The molecule has 0 aliphatic heterocycles. The van der Waals surface area contributed by atoms with E-state index in [-0.39, 0.29) is 0 Å². The van der Waals surface area contributed by atoms with Gasteiger partial charge in [-0.15, -0.1) is 0 Å². The van der Waals surface area contributed by atoms with Gasteiger partial charge in [-0.2, -0.15) is 5.10 Å². The molecule has 0 aromatic carbocycles. The molecule has 0 aliphatic rings. The minimum absolute atomic E-state index is 0.939. The van der Waals surface area contributed by atoms with Gasteiger partial charge >= 0.3 is 0 Å². The Balaban J connectivity index is 2.69. The van der Waals surface area contributed by atoms with Crippen LogP contribution in [0.1, 0.15) is 37.2 Å². The molecule has 0 fully saturated rings. The van der Waals surface area contributed by atoms with E-state index in [1.165, 1.54) is 17.0 Å². The van der Waals surface area contributed by atoms with Crippen LogP contribution in [0.5, 0.6) is 0 Å². The molecule has 2 N–H and O–H groups in total. The van der Waals surface area contributed by atoms with E-state index < -0.39 is 0 Å². The fraction of sp³-hybridized carbons (Fsp3) is 0.700. The van der Waals surface area contributed by atoms with Crippen molar-refractivity contribution in [3.8, 4) is 0 Å². The molecule has 3 nitrogen and oxygen atoms in total. The maximum Gasteiger partial charge on any atom is 0.0669 e. The zero-order valence-corrected chi connectivity index (χ0v) is 8.78. The molecule has 0 radical (unpaired) electrons. The molecule has 0 spiro atoms. The monoisotopic (exact) mass is 181 g/mol. The summed E-state index contributed by atoms with van der Waals surface area (Å²) in [6.45, 7) is 8.33. The van der Waals surface area contributed by atoms with Crippen molar-refractivity contribution < 1.29 is 0 Å². The van der Waals surface area contributed by atoms with Gasteiger partial charge in [0, 0.05) is 17.8 Å². The lowest BCUT2D eigenvalue weighted by Crippen LogP contribution is -2.13. The fourth-order valence-electron chi connectivity index (χ4n) is 1.43. The SMILES string of the molecule is CCCc1n[nH]c(C)c1CNCC. The number of hydrogen-bond donors (Lipinski definition) is 2. The Hall–Kier alpha value is -0.830. The fourth-order valence-corrected chi connectivity index (χ4v) is 1.43. The lowest BCUT2D eigenvalue weighted by Gasteiger charge is -2.02. The van der Waals surface area contributed by atoms with Crippen molar-refractivity contribution in [2.75, 3.05) is 6.54 Å². The predicted octanol–water partition coefficient (Wildman–Crippen LogP) is 1.78. The second-order valence-corrected chi connectivity index (χ2v) is 3.30. The zero-order valence-electron chi connectivity index (χ0n) is 8.78. The van der Waals surface area contributed by atoms with Crippen LogP contribution in [0.15, 0.2) is 0 Å². The van der Waals surface area contributed by atoms with E-state index in [0.29, 0.717) is 0 Å². The highest BCUT2D eigenvalue weighted by atomic mass is 15.1. The number of nitrogens with zero attached hydrogens (tertiary/aromatic N) is 1. The third kappa shape index (κ3) is 2.56. The van der Waals surface area contributed by atoms with Crippen LogP contribution in [-0.4, -0.2) is 16.7 Å². The second-order valence-electron chi connectivity index (χ2n) is 3.30. The van der Waals surface area contributed by atoms with Crippen molar-refractivity contribution in [2.45, 2.75) is 40.2 Å². The van der Waals surface area contributed by atoms with Crippen molar-refractivity contribution in [3.05, 3.63) is 17.0 Å². The van der Waals surface area contributed by atoms with Crippen LogP contribution >= 0.6 is 0 Å². The van der Waals surface area contributed by atoms with Crippen molar-refractivity contribution in [3.63, 3.8) is 0 Å². The summed E-state index contributed by atoms with van der Waals surface area (Å²) in [6, 6.07) is 0. The van der Waals surface area contributed by atoms with E-state index in [2.05, 4.69) is 36.3 Å². The standard InChI is InChI=1S/C10H19N3/c1-4-6-10-9(7-11-5-2)8(3)12-13-10/h11H,4-7H2,1-3H3,(H,12,13). The van der Waals surface area contributed by atoms with Gasteiger partial charge in [0.15, 0.2) is 0 Å². The normalized spacial score (nSPS) is 10.7. The molecule has 0 unspecified atom stereocenters. The Bertz CT molecular complexity index is 253. The number of aromatic amines is 1. The van der Waals surface area contributed by atoms with Gasteiger partial charge in [0.05, 0.1) is 5.69 Å². The lowest BCUT2D eigenvalue weighted by atomic mass is 10.1. The molecule has 0 bridgehead atoms. The average molecular weight is 181 g/mol. The van der Waals surface area contributed by atoms with Crippen LogP contribution < -0.4 is 5.32 Å². The molecule has 0 atom stereocenters. The Labute approximate surface area is 79.9 Å². The highest BCUT2D eigenvalue weighted by Crippen LogP contribution is 2.11. The van der Waals surface area contributed by atoms with E-state index in [0.717, 1.165) is 25.9 Å². The van der Waals surface area contributed by atoms with Gasteiger partial charge in [-0.05, 0) is 19.9 Å². The van der Waals surface area contributed by atoms with E-state index in [9.17, 15) is 0 Å². The van der Waals surface area contributed by atoms with Gasteiger partial charge in [-0.3, -0.25) is 5.10 Å². The molecular weight excluding hydrogens is 162 g/mol. The molecule has 1 aromatic heterocycles.